The maximum Gasteiger partial charge on any atom is 0.201 e. The normalized spacial score (nSPS) is 21.5. The van der Waals surface area contributed by atoms with E-state index in [0.717, 1.165) is 24.0 Å². The van der Waals surface area contributed by atoms with Crippen LogP contribution < -0.4 is 0 Å². The van der Waals surface area contributed by atoms with E-state index in [-0.39, 0.29) is 35.9 Å². The van der Waals surface area contributed by atoms with Gasteiger partial charge in [-0.3, -0.25) is 9.59 Å². The van der Waals surface area contributed by atoms with E-state index in [1.54, 1.807) is 6.08 Å². The quantitative estimate of drug-likeness (QED) is 0.811. The van der Waals surface area contributed by atoms with Gasteiger partial charge in [0, 0.05) is 12.8 Å². The Morgan fingerprint density at radius 1 is 1.00 bits per heavy atom. The number of hydrogen-bond acceptors (Lipinski definition) is 4. The molecular weight excluding hydrogens is 280 g/mol. The SMILES string of the molecule is C[C@H](CC1=CCC(=O)C(O)=C1)[C@H](C)CC1=CC=C(O)C(=O)C1. The highest BCUT2D eigenvalue weighted by Gasteiger charge is 2.21. The molecule has 2 aliphatic carbocycles. The molecule has 118 valence electrons. The van der Waals surface area contributed by atoms with Gasteiger partial charge < -0.3 is 10.2 Å². The second-order valence-corrected chi connectivity index (χ2v) is 6.28. The van der Waals surface area contributed by atoms with Crippen LogP contribution in [0.15, 0.2) is 47.0 Å². The largest absolute Gasteiger partial charge is 0.504 e. The third-order valence-electron chi connectivity index (χ3n) is 4.42. The average Bonchev–Trinajstić information content (AvgIpc) is 2.46. The Morgan fingerprint density at radius 2 is 1.68 bits per heavy atom. The van der Waals surface area contributed by atoms with Gasteiger partial charge in [0.2, 0.25) is 11.6 Å². The number of carbonyl (C=O) groups is 2. The van der Waals surface area contributed by atoms with Gasteiger partial charge in [-0.05, 0) is 42.4 Å². The van der Waals surface area contributed by atoms with Crippen LogP contribution in [0.1, 0.15) is 39.5 Å². The predicted molar refractivity (Wildman–Crippen MR) is 84.4 cm³/mol. The Labute approximate surface area is 130 Å². The molecule has 0 radical (unpaired) electrons. The number of Topliss-reactive ketones (excluding diaryl/α,β-unsaturated/α-hetero) is 2. The van der Waals surface area contributed by atoms with Crippen molar-refractivity contribution in [2.24, 2.45) is 11.8 Å². The summed E-state index contributed by atoms with van der Waals surface area (Å²) in [4.78, 5) is 22.8. The fourth-order valence-electron chi connectivity index (χ4n) is 2.76. The Morgan fingerprint density at radius 3 is 2.32 bits per heavy atom. The summed E-state index contributed by atoms with van der Waals surface area (Å²) < 4.78 is 0. The maximum atomic E-state index is 11.5. The molecule has 22 heavy (non-hydrogen) atoms. The molecule has 2 N–H and O–H groups in total. The fourth-order valence-corrected chi connectivity index (χ4v) is 2.76. The fraction of sp³-hybridized carbons (Fsp3) is 0.444. The highest BCUT2D eigenvalue weighted by molar-refractivity contribution is 5.96. The average molecular weight is 302 g/mol. The summed E-state index contributed by atoms with van der Waals surface area (Å²) in [6, 6.07) is 0. The standard InChI is InChI=1S/C18H22O4/c1-11(7-13-3-5-15(19)17(21)9-13)12(2)8-14-4-6-16(20)18(22)10-14/h3-5,10-12,19,22H,6-9H2,1-2H3/t11-,12-/m1/s1. The Hall–Kier alpha value is -2.10. The van der Waals surface area contributed by atoms with Crippen molar-refractivity contribution < 1.29 is 19.8 Å². The number of carbonyl (C=O) groups excluding carboxylic acids is 2. The summed E-state index contributed by atoms with van der Waals surface area (Å²) in [7, 11) is 0. The van der Waals surface area contributed by atoms with Gasteiger partial charge in [0.1, 0.15) is 0 Å². The van der Waals surface area contributed by atoms with Gasteiger partial charge in [0.25, 0.3) is 0 Å². The van der Waals surface area contributed by atoms with Crippen LogP contribution in [-0.2, 0) is 9.59 Å². The first-order valence-electron chi connectivity index (χ1n) is 7.61. The van der Waals surface area contributed by atoms with E-state index in [4.69, 9.17) is 0 Å². The summed E-state index contributed by atoms with van der Waals surface area (Å²) in [5, 5.41) is 18.8. The lowest BCUT2D eigenvalue weighted by Crippen LogP contribution is -2.14. The third kappa shape index (κ3) is 3.97. The van der Waals surface area contributed by atoms with Gasteiger partial charge in [-0.15, -0.1) is 0 Å². The summed E-state index contributed by atoms with van der Waals surface area (Å²) in [5.74, 6) is -0.0537. The van der Waals surface area contributed by atoms with Gasteiger partial charge in [-0.1, -0.05) is 31.6 Å². The molecule has 0 fully saturated rings. The van der Waals surface area contributed by atoms with E-state index < -0.39 is 0 Å². The Bertz CT molecular complexity index is 605. The van der Waals surface area contributed by atoms with Crippen LogP contribution in [0.25, 0.3) is 0 Å². The minimum Gasteiger partial charge on any atom is -0.504 e. The van der Waals surface area contributed by atoms with Gasteiger partial charge in [0.05, 0.1) is 0 Å². The van der Waals surface area contributed by atoms with E-state index in [2.05, 4.69) is 13.8 Å². The molecule has 2 rings (SSSR count). The van der Waals surface area contributed by atoms with Crippen LogP contribution in [0, 0.1) is 11.8 Å². The maximum absolute atomic E-state index is 11.5. The Balaban J connectivity index is 1.92. The first-order valence-corrected chi connectivity index (χ1v) is 7.61. The lowest BCUT2D eigenvalue weighted by molar-refractivity contribution is -0.118. The van der Waals surface area contributed by atoms with Crippen LogP contribution >= 0.6 is 0 Å². The van der Waals surface area contributed by atoms with E-state index in [9.17, 15) is 19.8 Å². The predicted octanol–water partition coefficient (Wildman–Crippen LogP) is 3.72. The van der Waals surface area contributed by atoms with Crippen LogP contribution in [-0.4, -0.2) is 21.8 Å². The minimum atomic E-state index is -0.234. The topological polar surface area (TPSA) is 74.6 Å². The molecule has 2 atom stereocenters. The second kappa shape index (κ2) is 6.77. The van der Waals surface area contributed by atoms with Crippen LogP contribution in [0.3, 0.4) is 0 Å². The van der Waals surface area contributed by atoms with Crippen molar-refractivity contribution in [2.75, 3.05) is 0 Å². The molecule has 0 aliphatic heterocycles. The summed E-state index contributed by atoms with van der Waals surface area (Å²) in [6.45, 7) is 4.26. The van der Waals surface area contributed by atoms with Gasteiger partial charge in [0.15, 0.2) is 11.5 Å². The van der Waals surface area contributed by atoms with Gasteiger partial charge in [-0.25, -0.2) is 0 Å². The molecule has 4 heteroatoms. The second-order valence-electron chi connectivity index (χ2n) is 6.28. The number of aliphatic hydroxyl groups excluding tert-OH is 2. The van der Waals surface area contributed by atoms with Crippen molar-refractivity contribution in [1.82, 2.24) is 0 Å². The number of allylic oxidation sites excluding steroid dienone is 8. The highest BCUT2D eigenvalue weighted by atomic mass is 16.3. The van der Waals surface area contributed by atoms with E-state index >= 15 is 0 Å². The van der Waals surface area contributed by atoms with Crippen LogP contribution in [0.4, 0.5) is 0 Å². The van der Waals surface area contributed by atoms with E-state index in [1.807, 2.05) is 12.2 Å². The summed E-state index contributed by atoms with van der Waals surface area (Å²) in [5.41, 5.74) is 2.02. The van der Waals surface area contributed by atoms with E-state index in [1.165, 1.54) is 6.08 Å². The van der Waals surface area contributed by atoms with Crippen molar-refractivity contribution in [3.63, 3.8) is 0 Å². The molecule has 0 spiro atoms. The van der Waals surface area contributed by atoms with Gasteiger partial charge in [-0.2, -0.15) is 0 Å². The zero-order valence-electron chi connectivity index (χ0n) is 13.0. The number of ketones is 2. The Kier molecular flexibility index (Phi) is 5.01. The molecule has 0 heterocycles. The zero-order valence-corrected chi connectivity index (χ0v) is 13.0. The summed E-state index contributed by atoms with van der Waals surface area (Å²) >= 11 is 0. The molecule has 0 saturated heterocycles. The summed E-state index contributed by atoms with van der Waals surface area (Å²) in [6.07, 6.45) is 8.87. The number of rotatable bonds is 5. The molecule has 4 nitrogen and oxygen atoms in total. The minimum absolute atomic E-state index is 0.154. The first-order chi connectivity index (χ1) is 10.4. The van der Waals surface area contributed by atoms with Gasteiger partial charge >= 0.3 is 0 Å². The van der Waals surface area contributed by atoms with Crippen molar-refractivity contribution in [2.45, 2.75) is 39.5 Å². The molecular formula is C18H22O4. The molecule has 0 saturated carbocycles. The van der Waals surface area contributed by atoms with Crippen LogP contribution in [0.2, 0.25) is 0 Å². The third-order valence-corrected chi connectivity index (χ3v) is 4.42. The van der Waals surface area contributed by atoms with E-state index in [0.29, 0.717) is 11.8 Å². The first kappa shape index (κ1) is 16.3. The lowest BCUT2D eigenvalue weighted by Gasteiger charge is -2.23. The molecule has 2 aliphatic rings. The number of hydrogen-bond donors (Lipinski definition) is 2. The highest BCUT2D eigenvalue weighted by Crippen LogP contribution is 2.30. The molecule has 0 aromatic carbocycles. The lowest BCUT2D eigenvalue weighted by atomic mass is 9.82. The van der Waals surface area contributed by atoms with Crippen molar-refractivity contribution in [3.8, 4) is 0 Å². The zero-order chi connectivity index (χ0) is 16.3. The molecule has 0 amide bonds. The molecule has 0 bridgehead atoms. The van der Waals surface area contributed by atoms with Crippen molar-refractivity contribution >= 4 is 11.6 Å². The molecule has 0 unspecified atom stereocenters. The monoisotopic (exact) mass is 302 g/mol. The molecule has 0 aromatic heterocycles. The van der Waals surface area contributed by atoms with Crippen molar-refractivity contribution in [3.05, 3.63) is 47.0 Å². The smallest absolute Gasteiger partial charge is 0.201 e. The van der Waals surface area contributed by atoms with Crippen LogP contribution in [0.5, 0.6) is 0 Å². The van der Waals surface area contributed by atoms with Crippen molar-refractivity contribution in [1.29, 1.82) is 0 Å². The molecule has 0 aromatic rings. The number of aliphatic hydroxyl groups is 2.